The highest BCUT2D eigenvalue weighted by Crippen LogP contribution is 2.27. The highest BCUT2D eigenvalue weighted by Gasteiger charge is 2.39. The number of hydrogen-bond donors (Lipinski definition) is 3. The van der Waals surface area contributed by atoms with Crippen molar-refractivity contribution in [3.63, 3.8) is 0 Å². The average Bonchev–Trinajstić information content (AvgIpc) is 2.59. The summed E-state index contributed by atoms with van der Waals surface area (Å²) in [7, 11) is 0. The molecule has 150 valence electrons. The first-order valence-corrected chi connectivity index (χ1v) is 8.87. The molecule has 0 saturated carbocycles. The number of ether oxygens (including phenoxy) is 2. The summed E-state index contributed by atoms with van der Waals surface area (Å²) in [6.45, 7) is 1.34. The van der Waals surface area contributed by atoms with E-state index in [1.807, 2.05) is 30.3 Å². The van der Waals surface area contributed by atoms with Crippen molar-refractivity contribution in [2.24, 2.45) is 0 Å². The van der Waals surface area contributed by atoms with Gasteiger partial charge in [-0.3, -0.25) is 4.79 Å². The van der Waals surface area contributed by atoms with Gasteiger partial charge in [0, 0.05) is 0 Å². The second-order valence-electron chi connectivity index (χ2n) is 5.71. The standard InChI is InChI=1S/C17H20Cl3NO6/c1-16(15(24)25,21-14(23)17(18,19)20)8-7-13(22)10-27-11-26-9-12-5-3-2-4-6-12/h2-8,13,22H,9-11H2,1H3,(H,21,23)(H,24,25)/t13-,16+/m1/s1. The second kappa shape index (κ2) is 10.8. The zero-order chi connectivity index (χ0) is 20.5. The molecule has 0 unspecified atom stereocenters. The van der Waals surface area contributed by atoms with E-state index in [-0.39, 0.29) is 13.4 Å². The van der Waals surface area contributed by atoms with E-state index in [2.05, 4.69) is 5.32 Å². The van der Waals surface area contributed by atoms with Crippen molar-refractivity contribution in [2.45, 2.75) is 29.0 Å². The maximum absolute atomic E-state index is 11.7. The Balaban J connectivity index is 2.45. The van der Waals surface area contributed by atoms with Crippen LogP contribution in [0.4, 0.5) is 0 Å². The van der Waals surface area contributed by atoms with Crippen LogP contribution in [0.3, 0.4) is 0 Å². The van der Waals surface area contributed by atoms with Crippen LogP contribution >= 0.6 is 34.8 Å². The van der Waals surface area contributed by atoms with Crippen LogP contribution in [0.2, 0.25) is 0 Å². The number of halogens is 3. The van der Waals surface area contributed by atoms with Crippen LogP contribution in [0.1, 0.15) is 12.5 Å². The molecule has 10 heteroatoms. The molecule has 0 radical (unpaired) electrons. The second-order valence-corrected chi connectivity index (χ2v) is 7.99. The summed E-state index contributed by atoms with van der Waals surface area (Å²) in [5.41, 5.74) is -0.908. The van der Waals surface area contributed by atoms with Crippen LogP contribution in [0.5, 0.6) is 0 Å². The maximum Gasteiger partial charge on any atom is 0.333 e. The van der Waals surface area contributed by atoms with Crippen LogP contribution in [-0.4, -0.2) is 50.9 Å². The number of carbonyl (C=O) groups is 2. The Kier molecular flexibility index (Phi) is 9.52. The molecule has 1 aromatic rings. The molecule has 3 N–H and O–H groups in total. The van der Waals surface area contributed by atoms with Gasteiger partial charge in [0.05, 0.1) is 19.3 Å². The van der Waals surface area contributed by atoms with Crippen molar-refractivity contribution >= 4 is 46.7 Å². The molecule has 7 nitrogen and oxygen atoms in total. The summed E-state index contributed by atoms with van der Waals surface area (Å²) in [6, 6.07) is 9.46. The van der Waals surface area contributed by atoms with Crippen molar-refractivity contribution < 1.29 is 29.3 Å². The topological polar surface area (TPSA) is 105 Å². The molecule has 0 heterocycles. The number of carboxylic acid groups (broad SMARTS) is 1. The van der Waals surface area contributed by atoms with E-state index in [0.29, 0.717) is 6.61 Å². The molecular formula is C17H20Cl3NO6. The molecule has 1 amide bonds. The van der Waals surface area contributed by atoms with E-state index in [0.717, 1.165) is 17.7 Å². The zero-order valence-electron chi connectivity index (χ0n) is 14.4. The number of aliphatic carboxylic acids is 1. The van der Waals surface area contributed by atoms with Crippen LogP contribution in [0, 0.1) is 0 Å². The summed E-state index contributed by atoms with van der Waals surface area (Å²) < 4.78 is 8.13. The Morgan fingerprint density at radius 1 is 1.22 bits per heavy atom. The van der Waals surface area contributed by atoms with Gasteiger partial charge in [0.25, 0.3) is 9.70 Å². The first kappa shape index (κ1) is 23.7. The molecule has 1 rings (SSSR count). The molecule has 0 aliphatic rings. The Morgan fingerprint density at radius 2 is 1.85 bits per heavy atom. The Bertz CT molecular complexity index is 650. The van der Waals surface area contributed by atoms with Crippen LogP contribution in [0.15, 0.2) is 42.5 Å². The van der Waals surface area contributed by atoms with Gasteiger partial charge in [-0.2, -0.15) is 0 Å². The number of amides is 1. The number of hydrogen-bond acceptors (Lipinski definition) is 5. The van der Waals surface area contributed by atoms with Gasteiger partial charge < -0.3 is 25.0 Å². The predicted octanol–water partition coefficient (Wildman–Crippen LogP) is 2.42. The average molecular weight is 441 g/mol. The van der Waals surface area contributed by atoms with Crippen LogP contribution in [-0.2, 0) is 25.7 Å². The molecular weight excluding hydrogens is 421 g/mol. The third-order valence-corrected chi connectivity index (χ3v) is 3.81. The molecule has 0 fully saturated rings. The molecule has 0 saturated heterocycles. The maximum atomic E-state index is 11.7. The van der Waals surface area contributed by atoms with E-state index < -0.39 is 27.3 Å². The van der Waals surface area contributed by atoms with Gasteiger partial charge in [-0.1, -0.05) is 71.2 Å². The van der Waals surface area contributed by atoms with Gasteiger partial charge in [0.15, 0.2) is 5.54 Å². The molecule has 0 spiro atoms. The fourth-order valence-corrected chi connectivity index (χ4v) is 1.94. The lowest BCUT2D eigenvalue weighted by Gasteiger charge is -2.25. The fraction of sp³-hybridized carbons (Fsp3) is 0.412. The van der Waals surface area contributed by atoms with Gasteiger partial charge in [-0.25, -0.2) is 4.79 Å². The number of benzene rings is 1. The highest BCUT2D eigenvalue weighted by atomic mass is 35.6. The van der Waals surface area contributed by atoms with Crippen molar-refractivity contribution in [1.82, 2.24) is 5.32 Å². The number of rotatable bonds is 10. The van der Waals surface area contributed by atoms with Gasteiger partial charge in [-0.15, -0.1) is 0 Å². The lowest BCUT2D eigenvalue weighted by molar-refractivity contribution is -0.144. The third kappa shape index (κ3) is 8.92. The smallest absolute Gasteiger partial charge is 0.333 e. The van der Waals surface area contributed by atoms with Crippen molar-refractivity contribution in [2.75, 3.05) is 13.4 Å². The molecule has 1 aromatic carbocycles. The Morgan fingerprint density at radius 3 is 2.41 bits per heavy atom. The van der Waals surface area contributed by atoms with Gasteiger partial charge in [0.1, 0.15) is 6.79 Å². The molecule has 0 bridgehead atoms. The van der Waals surface area contributed by atoms with Crippen molar-refractivity contribution in [3.8, 4) is 0 Å². The molecule has 0 aromatic heterocycles. The molecule has 0 aliphatic heterocycles. The first-order chi connectivity index (χ1) is 12.5. The summed E-state index contributed by atoms with van der Waals surface area (Å²) in [5, 5.41) is 21.2. The summed E-state index contributed by atoms with van der Waals surface area (Å²) >= 11 is 16.3. The minimum atomic E-state index is -2.32. The number of carbonyl (C=O) groups excluding carboxylic acids is 1. The molecule has 2 atom stereocenters. The summed E-state index contributed by atoms with van der Waals surface area (Å²) in [5.74, 6) is -2.51. The Labute approximate surface area is 171 Å². The van der Waals surface area contributed by atoms with Crippen molar-refractivity contribution in [3.05, 3.63) is 48.0 Å². The molecule has 0 aliphatic carbocycles. The Hall–Kier alpha value is -1.35. The monoisotopic (exact) mass is 439 g/mol. The lowest BCUT2D eigenvalue weighted by atomic mass is 10.0. The zero-order valence-corrected chi connectivity index (χ0v) is 16.7. The third-order valence-electron chi connectivity index (χ3n) is 3.29. The van der Waals surface area contributed by atoms with E-state index in [1.165, 1.54) is 6.92 Å². The normalized spacial score (nSPS) is 15.3. The lowest BCUT2D eigenvalue weighted by Crippen LogP contribution is -2.54. The van der Waals surface area contributed by atoms with E-state index in [4.69, 9.17) is 44.3 Å². The van der Waals surface area contributed by atoms with E-state index in [1.54, 1.807) is 0 Å². The molecule has 27 heavy (non-hydrogen) atoms. The van der Waals surface area contributed by atoms with Crippen LogP contribution in [0.25, 0.3) is 0 Å². The number of nitrogens with one attached hydrogen (secondary N) is 1. The SMILES string of the molecule is C[C@@](C=C[C@@H](O)COCOCc1ccccc1)(NC(=O)C(Cl)(Cl)Cl)C(=O)O. The highest BCUT2D eigenvalue weighted by molar-refractivity contribution is 6.76. The number of alkyl halides is 3. The van der Waals surface area contributed by atoms with Crippen molar-refractivity contribution in [1.29, 1.82) is 0 Å². The minimum absolute atomic E-state index is 0.0556. The summed E-state index contributed by atoms with van der Waals surface area (Å²) in [6.07, 6.45) is 1.10. The number of aliphatic hydroxyl groups is 1. The van der Waals surface area contributed by atoms with Gasteiger partial charge in [0.2, 0.25) is 0 Å². The quantitative estimate of drug-likeness (QED) is 0.223. The largest absolute Gasteiger partial charge is 0.479 e. The number of aliphatic hydroxyl groups excluding tert-OH is 1. The van der Waals surface area contributed by atoms with Gasteiger partial charge >= 0.3 is 5.97 Å². The number of carboxylic acids is 1. The fourth-order valence-electron chi connectivity index (χ4n) is 1.79. The first-order valence-electron chi connectivity index (χ1n) is 7.74. The van der Waals surface area contributed by atoms with Gasteiger partial charge in [-0.05, 0) is 18.6 Å². The van der Waals surface area contributed by atoms with E-state index >= 15 is 0 Å². The van der Waals surface area contributed by atoms with Crippen LogP contribution < -0.4 is 5.32 Å². The van der Waals surface area contributed by atoms with E-state index in [9.17, 15) is 19.8 Å². The minimum Gasteiger partial charge on any atom is -0.479 e. The summed E-state index contributed by atoms with van der Waals surface area (Å²) in [4.78, 5) is 23.1. The predicted molar refractivity (Wildman–Crippen MR) is 102 cm³/mol.